The number of rotatable bonds is 7. The standard InChI is InChI=1S/C19H24ClN3O3S2/c1-22(2)17(18-6-5-11-27-18)13-21-19(24)15-12-14(7-8-16(15)20)28(25,26)23-9-3-4-10-23/h5-8,11-12,17H,3-4,9-10,13H2,1-2H3,(H,21,24). The van der Waals surface area contributed by atoms with Crippen molar-refractivity contribution < 1.29 is 13.2 Å². The molecule has 1 aliphatic heterocycles. The number of hydrogen-bond donors (Lipinski definition) is 1. The van der Waals surface area contributed by atoms with E-state index in [4.69, 9.17) is 11.6 Å². The van der Waals surface area contributed by atoms with Crippen molar-refractivity contribution in [3.05, 3.63) is 51.2 Å². The first-order valence-corrected chi connectivity index (χ1v) is 11.8. The third-order valence-corrected chi connectivity index (χ3v) is 8.03. The minimum absolute atomic E-state index is 0.0271. The number of benzene rings is 1. The number of thiophene rings is 1. The summed E-state index contributed by atoms with van der Waals surface area (Å²) < 4.78 is 27.0. The van der Waals surface area contributed by atoms with Gasteiger partial charge in [0.1, 0.15) is 0 Å². The number of carbonyl (C=O) groups is 1. The molecule has 0 aliphatic carbocycles. The van der Waals surface area contributed by atoms with Gasteiger partial charge in [0, 0.05) is 24.5 Å². The van der Waals surface area contributed by atoms with Gasteiger partial charge in [-0.05, 0) is 56.6 Å². The van der Waals surface area contributed by atoms with Gasteiger partial charge in [0.2, 0.25) is 10.0 Å². The molecule has 152 valence electrons. The Morgan fingerprint density at radius 3 is 2.61 bits per heavy atom. The maximum atomic E-state index is 12.8. The summed E-state index contributed by atoms with van der Waals surface area (Å²) in [6.45, 7) is 1.42. The highest BCUT2D eigenvalue weighted by molar-refractivity contribution is 7.89. The van der Waals surface area contributed by atoms with Crippen LogP contribution in [0.15, 0.2) is 40.6 Å². The second-order valence-corrected chi connectivity index (χ2v) is 10.3. The SMILES string of the molecule is CN(C)C(CNC(=O)c1cc(S(=O)(=O)N2CCCC2)ccc1Cl)c1cccs1. The molecule has 9 heteroatoms. The van der Waals surface area contributed by atoms with Crippen molar-refractivity contribution in [2.75, 3.05) is 33.7 Å². The number of nitrogens with zero attached hydrogens (tertiary/aromatic N) is 2. The molecule has 0 radical (unpaired) electrons. The Bertz CT molecular complexity index is 924. The van der Waals surface area contributed by atoms with Crippen molar-refractivity contribution >= 4 is 38.9 Å². The van der Waals surface area contributed by atoms with Gasteiger partial charge in [-0.2, -0.15) is 4.31 Å². The number of hydrogen-bond acceptors (Lipinski definition) is 5. The summed E-state index contributed by atoms with van der Waals surface area (Å²) in [6.07, 6.45) is 1.71. The zero-order valence-electron chi connectivity index (χ0n) is 15.9. The van der Waals surface area contributed by atoms with Crippen LogP contribution in [0.25, 0.3) is 0 Å². The molecule has 2 aromatic rings. The smallest absolute Gasteiger partial charge is 0.252 e. The van der Waals surface area contributed by atoms with Crippen molar-refractivity contribution in [3.63, 3.8) is 0 Å². The highest BCUT2D eigenvalue weighted by Crippen LogP contribution is 2.26. The Morgan fingerprint density at radius 1 is 1.29 bits per heavy atom. The molecule has 28 heavy (non-hydrogen) atoms. The number of sulfonamides is 1. The van der Waals surface area contributed by atoms with Crippen molar-refractivity contribution in [1.82, 2.24) is 14.5 Å². The van der Waals surface area contributed by atoms with Crippen molar-refractivity contribution in [2.24, 2.45) is 0 Å². The van der Waals surface area contributed by atoms with Crippen LogP contribution in [0.2, 0.25) is 5.02 Å². The predicted octanol–water partition coefficient (Wildman–Crippen LogP) is 3.22. The van der Waals surface area contributed by atoms with Crippen molar-refractivity contribution in [2.45, 2.75) is 23.8 Å². The van der Waals surface area contributed by atoms with Gasteiger partial charge in [0.25, 0.3) is 5.91 Å². The predicted molar refractivity (Wildman–Crippen MR) is 113 cm³/mol. The molecule has 1 fully saturated rings. The van der Waals surface area contributed by atoms with Crippen LogP contribution in [0.5, 0.6) is 0 Å². The lowest BCUT2D eigenvalue weighted by Crippen LogP contribution is -2.34. The highest BCUT2D eigenvalue weighted by atomic mass is 35.5. The highest BCUT2D eigenvalue weighted by Gasteiger charge is 2.28. The van der Waals surface area contributed by atoms with E-state index in [0.717, 1.165) is 17.7 Å². The Labute approximate surface area is 175 Å². The molecule has 1 aromatic carbocycles. The van der Waals surface area contributed by atoms with Crippen LogP contribution in [0.1, 0.15) is 34.1 Å². The molecule has 2 heterocycles. The topological polar surface area (TPSA) is 69.7 Å². The monoisotopic (exact) mass is 441 g/mol. The summed E-state index contributed by atoms with van der Waals surface area (Å²) in [7, 11) is 0.299. The van der Waals surface area contributed by atoms with Crippen LogP contribution in [0.3, 0.4) is 0 Å². The summed E-state index contributed by atoms with van der Waals surface area (Å²) in [5, 5.41) is 5.12. The van der Waals surface area contributed by atoms with E-state index in [1.165, 1.54) is 22.5 Å². The fraction of sp³-hybridized carbons (Fsp3) is 0.421. The third kappa shape index (κ3) is 4.58. The van der Waals surface area contributed by atoms with Gasteiger partial charge in [-0.1, -0.05) is 17.7 Å². The van der Waals surface area contributed by atoms with Gasteiger partial charge >= 0.3 is 0 Å². The van der Waals surface area contributed by atoms with Gasteiger partial charge in [-0.15, -0.1) is 11.3 Å². The zero-order chi connectivity index (χ0) is 20.3. The van der Waals surface area contributed by atoms with E-state index >= 15 is 0 Å². The Morgan fingerprint density at radius 2 is 2.00 bits per heavy atom. The molecular weight excluding hydrogens is 418 g/mol. The Hall–Kier alpha value is -1.45. The van der Waals surface area contributed by atoms with Crippen LogP contribution >= 0.6 is 22.9 Å². The number of halogens is 1. The molecule has 1 amide bonds. The molecule has 0 bridgehead atoms. The molecule has 1 atom stereocenters. The largest absolute Gasteiger partial charge is 0.350 e. The second kappa shape index (κ2) is 8.92. The van der Waals surface area contributed by atoms with E-state index in [1.54, 1.807) is 11.3 Å². The van der Waals surface area contributed by atoms with E-state index in [1.807, 2.05) is 36.5 Å². The Balaban J connectivity index is 1.78. The normalized spacial score (nSPS) is 16.4. The van der Waals surface area contributed by atoms with Gasteiger partial charge in [-0.3, -0.25) is 4.79 Å². The third-order valence-electron chi connectivity index (χ3n) is 4.84. The zero-order valence-corrected chi connectivity index (χ0v) is 18.3. The lowest BCUT2D eigenvalue weighted by Gasteiger charge is -2.23. The van der Waals surface area contributed by atoms with E-state index in [2.05, 4.69) is 5.32 Å². The minimum atomic E-state index is -3.60. The molecule has 1 saturated heterocycles. The molecule has 3 rings (SSSR count). The Kier molecular flexibility index (Phi) is 6.77. The molecule has 0 spiro atoms. The maximum absolute atomic E-state index is 12.8. The van der Waals surface area contributed by atoms with Crippen LogP contribution in [0, 0.1) is 0 Å². The number of nitrogens with one attached hydrogen (secondary N) is 1. The fourth-order valence-corrected chi connectivity index (χ4v) is 5.89. The van der Waals surface area contributed by atoms with E-state index < -0.39 is 10.0 Å². The maximum Gasteiger partial charge on any atom is 0.252 e. The van der Waals surface area contributed by atoms with Gasteiger partial charge in [-0.25, -0.2) is 8.42 Å². The van der Waals surface area contributed by atoms with Crippen molar-refractivity contribution in [1.29, 1.82) is 0 Å². The average Bonchev–Trinajstić information content (AvgIpc) is 3.36. The van der Waals surface area contributed by atoms with Crippen LogP contribution in [-0.2, 0) is 10.0 Å². The van der Waals surface area contributed by atoms with E-state index in [9.17, 15) is 13.2 Å². The second-order valence-electron chi connectivity index (χ2n) is 6.96. The molecule has 1 aliphatic rings. The number of carbonyl (C=O) groups excluding carboxylic acids is 1. The fourth-order valence-electron chi connectivity index (χ4n) is 3.22. The summed E-state index contributed by atoms with van der Waals surface area (Å²) in [6, 6.07) is 8.34. The van der Waals surface area contributed by atoms with Crippen LogP contribution in [-0.4, -0.2) is 57.3 Å². The molecule has 1 aromatic heterocycles. The van der Waals surface area contributed by atoms with Gasteiger partial charge < -0.3 is 10.2 Å². The molecule has 1 N–H and O–H groups in total. The number of likely N-dealkylation sites (N-methyl/N-ethyl adjacent to an activating group) is 1. The molecule has 1 unspecified atom stereocenters. The van der Waals surface area contributed by atoms with E-state index in [0.29, 0.717) is 19.6 Å². The van der Waals surface area contributed by atoms with Crippen LogP contribution in [0.4, 0.5) is 0 Å². The molecular formula is C19H24ClN3O3S2. The first-order chi connectivity index (χ1) is 13.3. The molecule has 0 saturated carbocycles. The first kappa shape index (κ1) is 21.3. The summed E-state index contributed by atoms with van der Waals surface area (Å²) >= 11 is 7.83. The molecule has 6 nitrogen and oxygen atoms in total. The average molecular weight is 442 g/mol. The first-order valence-electron chi connectivity index (χ1n) is 9.08. The minimum Gasteiger partial charge on any atom is -0.350 e. The van der Waals surface area contributed by atoms with E-state index in [-0.39, 0.29) is 27.4 Å². The summed E-state index contributed by atoms with van der Waals surface area (Å²) in [4.78, 5) is 16.0. The van der Waals surface area contributed by atoms with Gasteiger partial charge in [0.15, 0.2) is 0 Å². The number of amides is 1. The van der Waals surface area contributed by atoms with Crippen molar-refractivity contribution in [3.8, 4) is 0 Å². The summed E-state index contributed by atoms with van der Waals surface area (Å²) in [5.41, 5.74) is 0.172. The summed E-state index contributed by atoms with van der Waals surface area (Å²) in [5.74, 6) is -0.383. The van der Waals surface area contributed by atoms with Gasteiger partial charge in [0.05, 0.1) is 21.5 Å². The lowest BCUT2D eigenvalue weighted by atomic mass is 10.2. The lowest BCUT2D eigenvalue weighted by molar-refractivity contribution is 0.0942. The quantitative estimate of drug-likeness (QED) is 0.716. The van der Waals surface area contributed by atoms with Crippen LogP contribution < -0.4 is 5.32 Å².